The molecule has 0 fully saturated rings. The van der Waals surface area contributed by atoms with Crippen LogP contribution in [0.5, 0.6) is 5.75 Å². The van der Waals surface area contributed by atoms with E-state index in [1.165, 1.54) is 12.1 Å². The van der Waals surface area contributed by atoms with Crippen molar-refractivity contribution in [3.63, 3.8) is 0 Å². The minimum atomic E-state index is -0.960. The molecule has 0 unspecified atom stereocenters. The number of rotatable bonds is 8. The molecule has 20 heavy (non-hydrogen) atoms. The van der Waals surface area contributed by atoms with E-state index in [0.717, 1.165) is 0 Å². The number of benzene rings is 1. The number of likely N-dealkylation sites (N-methyl/N-ethyl adjacent to an activating group) is 2. The van der Waals surface area contributed by atoms with Crippen molar-refractivity contribution >= 4 is 11.9 Å². The van der Waals surface area contributed by atoms with Crippen LogP contribution in [-0.4, -0.2) is 55.2 Å². The molecule has 6 nitrogen and oxygen atoms in total. The van der Waals surface area contributed by atoms with Crippen LogP contribution in [0.15, 0.2) is 24.3 Å². The summed E-state index contributed by atoms with van der Waals surface area (Å²) in [6.07, 6.45) is 0. The largest absolute Gasteiger partial charge is 0.492 e. The predicted octanol–water partition coefficient (Wildman–Crippen LogP) is 0.832. The first-order valence-electron chi connectivity index (χ1n) is 6.44. The molecule has 0 aliphatic carbocycles. The van der Waals surface area contributed by atoms with E-state index >= 15 is 0 Å². The number of hydrogen-bond acceptors (Lipinski definition) is 4. The molecular weight excluding hydrogens is 260 g/mol. The fraction of sp³-hybridized carbons (Fsp3) is 0.429. The van der Waals surface area contributed by atoms with Crippen LogP contribution in [0.3, 0.4) is 0 Å². The number of carbonyl (C=O) groups is 2. The van der Waals surface area contributed by atoms with E-state index in [2.05, 4.69) is 5.32 Å². The molecule has 1 amide bonds. The first kappa shape index (κ1) is 16.0. The van der Waals surface area contributed by atoms with E-state index in [9.17, 15) is 9.59 Å². The maximum absolute atomic E-state index is 11.3. The molecule has 0 heterocycles. The van der Waals surface area contributed by atoms with Gasteiger partial charge in [-0.3, -0.25) is 9.69 Å². The molecule has 0 saturated heterocycles. The fourth-order valence-corrected chi connectivity index (χ4v) is 1.59. The number of amides is 1. The summed E-state index contributed by atoms with van der Waals surface area (Å²) in [6, 6.07) is 6.23. The molecule has 0 atom stereocenters. The fourth-order valence-electron chi connectivity index (χ4n) is 1.59. The molecule has 1 rings (SSSR count). The second-order valence-corrected chi connectivity index (χ2v) is 4.37. The first-order valence-corrected chi connectivity index (χ1v) is 6.44. The van der Waals surface area contributed by atoms with Gasteiger partial charge < -0.3 is 15.2 Å². The minimum Gasteiger partial charge on any atom is -0.492 e. The zero-order valence-electron chi connectivity index (χ0n) is 11.8. The average molecular weight is 280 g/mol. The van der Waals surface area contributed by atoms with E-state index in [-0.39, 0.29) is 11.5 Å². The molecule has 0 saturated carbocycles. The standard InChI is InChI=1S/C14H20N2O4/c1-3-15-13(17)10-16(2)8-9-20-12-6-4-11(5-7-12)14(18)19/h4-7H,3,8-10H2,1-2H3,(H,15,17)(H,18,19). The molecule has 0 aromatic heterocycles. The highest BCUT2D eigenvalue weighted by molar-refractivity contribution is 5.87. The number of carboxylic acid groups (broad SMARTS) is 1. The smallest absolute Gasteiger partial charge is 0.335 e. The number of carbonyl (C=O) groups excluding carboxylic acids is 1. The van der Waals surface area contributed by atoms with Crippen molar-refractivity contribution in [2.45, 2.75) is 6.92 Å². The Labute approximate surface area is 118 Å². The normalized spacial score (nSPS) is 10.3. The molecule has 0 aliphatic heterocycles. The van der Waals surface area contributed by atoms with Crippen molar-refractivity contribution in [1.29, 1.82) is 0 Å². The molecule has 0 radical (unpaired) electrons. The molecular formula is C14H20N2O4. The van der Waals surface area contributed by atoms with Crippen LogP contribution in [0.2, 0.25) is 0 Å². The Morgan fingerprint density at radius 3 is 2.50 bits per heavy atom. The third-order valence-corrected chi connectivity index (χ3v) is 2.63. The van der Waals surface area contributed by atoms with E-state index in [0.29, 0.717) is 32.0 Å². The van der Waals surface area contributed by atoms with Crippen molar-refractivity contribution in [2.75, 3.05) is 33.3 Å². The third kappa shape index (κ3) is 5.71. The molecule has 0 aliphatic rings. The van der Waals surface area contributed by atoms with Crippen LogP contribution >= 0.6 is 0 Å². The Hall–Kier alpha value is -2.08. The van der Waals surface area contributed by atoms with Crippen LogP contribution in [0.1, 0.15) is 17.3 Å². The van der Waals surface area contributed by atoms with Gasteiger partial charge in [0.05, 0.1) is 12.1 Å². The zero-order chi connectivity index (χ0) is 15.0. The van der Waals surface area contributed by atoms with Gasteiger partial charge in [-0.05, 0) is 38.2 Å². The van der Waals surface area contributed by atoms with Gasteiger partial charge in [0.15, 0.2) is 0 Å². The summed E-state index contributed by atoms with van der Waals surface area (Å²) in [7, 11) is 1.84. The average Bonchev–Trinajstić information content (AvgIpc) is 2.39. The number of carboxylic acids is 1. The summed E-state index contributed by atoms with van der Waals surface area (Å²) in [5.74, 6) is -0.361. The number of hydrogen-bond donors (Lipinski definition) is 2. The van der Waals surface area contributed by atoms with Crippen LogP contribution in [0.4, 0.5) is 0 Å². The number of aromatic carboxylic acids is 1. The quantitative estimate of drug-likeness (QED) is 0.737. The third-order valence-electron chi connectivity index (χ3n) is 2.63. The number of nitrogens with zero attached hydrogens (tertiary/aromatic N) is 1. The van der Waals surface area contributed by atoms with Gasteiger partial charge in [-0.2, -0.15) is 0 Å². The van der Waals surface area contributed by atoms with Gasteiger partial charge in [-0.1, -0.05) is 0 Å². The van der Waals surface area contributed by atoms with Crippen LogP contribution in [-0.2, 0) is 4.79 Å². The molecule has 0 spiro atoms. The summed E-state index contributed by atoms with van der Waals surface area (Å²) in [4.78, 5) is 23.9. The summed E-state index contributed by atoms with van der Waals surface area (Å²) in [5.41, 5.74) is 0.228. The zero-order valence-corrected chi connectivity index (χ0v) is 11.8. The Morgan fingerprint density at radius 2 is 1.95 bits per heavy atom. The lowest BCUT2D eigenvalue weighted by Crippen LogP contribution is -2.36. The monoisotopic (exact) mass is 280 g/mol. The second-order valence-electron chi connectivity index (χ2n) is 4.37. The lowest BCUT2D eigenvalue weighted by Gasteiger charge is -2.16. The number of ether oxygens (including phenoxy) is 1. The van der Waals surface area contributed by atoms with Crippen molar-refractivity contribution in [2.24, 2.45) is 0 Å². The first-order chi connectivity index (χ1) is 9.52. The Bertz CT molecular complexity index is 445. The molecule has 0 bridgehead atoms. The van der Waals surface area contributed by atoms with Gasteiger partial charge in [0, 0.05) is 13.1 Å². The van der Waals surface area contributed by atoms with Crippen LogP contribution in [0.25, 0.3) is 0 Å². The minimum absolute atomic E-state index is 0.0131. The molecule has 110 valence electrons. The highest BCUT2D eigenvalue weighted by atomic mass is 16.5. The molecule has 2 N–H and O–H groups in total. The van der Waals surface area contributed by atoms with Crippen molar-refractivity contribution in [3.05, 3.63) is 29.8 Å². The van der Waals surface area contributed by atoms with Crippen LogP contribution in [0, 0.1) is 0 Å². The lowest BCUT2D eigenvalue weighted by molar-refractivity contribution is -0.121. The van der Waals surface area contributed by atoms with E-state index in [1.807, 2.05) is 18.9 Å². The summed E-state index contributed by atoms with van der Waals surface area (Å²) < 4.78 is 5.49. The highest BCUT2D eigenvalue weighted by Crippen LogP contribution is 2.11. The predicted molar refractivity (Wildman–Crippen MR) is 75.1 cm³/mol. The Balaban J connectivity index is 2.29. The van der Waals surface area contributed by atoms with Gasteiger partial charge in [-0.25, -0.2) is 4.79 Å². The van der Waals surface area contributed by atoms with E-state index < -0.39 is 5.97 Å². The van der Waals surface area contributed by atoms with E-state index in [1.54, 1.807) is 12.1 Å². The summed E-state index contributed by atoms with van der Waals surface area (Å²) in [5, 5.41) is 11.5. The Kier molecular flexibility index (Phi) is 6.52. The number of nitrogens with one attached hydrogen (secondary N) is 1. The van der Waals surface area contributed by atoms with E-state index in [4.69, 9.17) is 9.84 Å². The molecule has 6 heteroatoms. The van der Waals surface area contributed by atoms with Gasteiger partial charge in [-0.15, -0.1) is 0 Å². The lowest BCUT2D eigenvalue weighted by atomic mass is 10.2. The van der Waals surface area contributed by atoms with Gasteiger partial charge >= 0.3 is 5.97 Å². The Morgan fingerprint density at radius 1 is 1.30 bits per heavy atom. The van der Waals surface area contributed by atoms with Gasteiger partial charge in [0.1, 0.15) is 12.4 Å². The molecule has 1 aromatic rings. The van der Waals surface area contributed by atoms with Crippen molar-refractivity contribution in [3.8, 4) is 5.75 Å². The van der Waals surface area contributed by atoms with Crippen molar-refractivity contribution in [1.82, 2.24) is 10.2 Å². The molecule has 1 aromatic carbocycles. The maximum Gasteiger partial charge on any atom is 0.335 e. The summed E-state index contributed by atoms with van der Waals surface area (Å²) in [6.45, 7) is 3.87. The maximum atomic E-state index is 11.3. The van der Waals surface area contributed by atoms with Crippen molar-refractivity contribution < 1.29 is 19.4 Å². The summed E-state index contributed by atoms with van der Waals surface area (Å²) >= 11 is 0. The highest BCUT2D eigenvalue weighted by Gasteiger charge is 2.06. The van der Waals surface area contributed by atoms with Crippen LogP contribution < -0.4 is 10.1 Å². The topological polar surface area (TPSA) is 78.9 Å². The SMILES string of the molecule is CCNC(=O)CN(C)CCOc1ccc(C(=O)O)cc1. The van der Waals surface area contributed by atoms with Gasteiger partial charge in [0.2, 0.25) is 5.91 Å². The van der Waals surface area contributed by atoms with Gasteiger partial charge in [0.25, 0.3) is 0 Å². The second kappa shape index (κ2) is 8.16.